The highest BCUT2D eigenvalue weighted by Crippen LogP contribution is 2.30. The first kappa shape index (κ1) is 14.4. The van der Waals surface area contributed by atoms with Crippen LogP contribution in [0.25, 0.3) is 0 Å². The van der Waals surface area contributed by atoms with Gasteiger partial charge in [-0.25, -0.2) is 0 Å². The van der Waals surface area contributed by atoms with Gasteiger partial charge in [0.1, 0.15) is 5.75 Å². The van der Waals surface area contributed by atoms with Gasteiger partial charge in [0.2, 0.25) is 0 Å². The fourth-order valence-corrected chi connectivity index (χ4v) is 1.85. The van der Waals surface area contributed by atoms with Gasteiger partial charge in [-0.1, -0.05) is 24.3 Å². The lowest BCUT2D eigenvalue weighted by atomic mass is 10.2. The van der Waals surface area contributed by atoms with E-state index in [0.29, 0.717) is 13.1 Å². The van der Waals surface area contributed by atoms with Crippen LogP contribution in [0.4, 0.5) is 0 Å². The molecule has 0 atom stereocenters. The number of rotatable bonds is 7. The first-order chi connectivity index (χ1) is 9.83. The largest absolute Gasteiger partial charge is 0.493 e. The standard InChI is InChI=1S/C16H23N3O/c1-3-10-18-16(17-2)19-11-14-6-4-5-7-15(14)20-12-13-8-9-13/h3-7,13H,1,8-12H2,2H3,(H2,17,18,19). The average Bonchev–Trinajstić information content (AvgIpc) is 3.30. The fourth-order valence-electron chi connectivity index (χ4n) is 1.85. The van der Waals surface area contributed by atoms with Crippen molar-refractivity contribution >= 4 is 5.96 Å². The summed E-state index contributed by atoms with van der Waals surface area (Å²) >= 11 is 0. The van der Waals surface area contributed by atoms with E-state index >= 15 is 0 Å². The van der Waals surface area contributed by atoms with E-state index in [1.165, 1.54) is 12.8 Å². The molecule has 4 nitrogen and oxygen atoms in total. The van der Waals surface area contributed by atoms with Crippen molar-refractivity contribution in [3.63, 3.8) is 0 Å². The van der Waals surface area contributed by atoms with Gasteiger partial charge in [0.25, 0.3) is 0 Å². The Balaban J connectivity index is 1.88. The Morgan fingerprint density at radius 1 is 1.40 bits per heavy atom. The molecule has 2 rings (SSSR count). The Kier molecular flexibility index (Phi) is 5.47. The molecule has 0 spiro atoms. The third kappa shape index (κ3) is 4.61. The molecule has 0 heterocycles. The highest BCUT2D eigenvalue weighted by molar-refractivity contribution is 5.79. The fraction of sp³-hybridized carbons (Fsp3) is 0.438. The maximum atomic E-state index is 5.89. The zero-order valence-corrected chi connectivity index (χ0v) is 12.1. The monoisotopic (exact) mass is 273 g/mol. The van der Waals surface area contributed by atoms with E-state index in [4.69, 9.17) is 4.74 Å². The van der Waals surface area contributed by atoms with Crippen molar-refractivity contribution in [3.05, 3.63) is 42.5 Å². The number of hydrogen-bond acceptors (Lipinski definition) is 2. The van der Waals surface area contributed by atoms with Gasteiger partial charge in [-0.2, -0.15) is 0 Å². The molecule has 108 valence electrons. The van der Waals surface area contributed by atoms with E-state index in [1.807, 2.05) is 18.2 Å². The molecule has 0 saturated heterocycles. The minimum atomic E-state index is 0.692. The molecular weight excluding hydrogens is 250 g/mol. The predicted molar refractivity (Wildman–Crippen MR) is 83.1 cm³/mol. The molecule has 1 aliphatic rings. The Morgan fingerprint density at radius 3 is 2.90 bits per heavy atom. The van der Waals surface area contributed by atoms with Crippen LogP contribution in [0.1, 0.15) is 18.4 Å². The van der Waals surface area contributed by atoms with Gasteiger partial charge in [0.15, 0.2) is 5.96 Å². The van der Waals surface area contributed by atoms with Crippen LogP contribution in [-0.4, -0.2) is 26.2 Å². The molecule has 1 fully saturated rings. The number of nitrogens with one attached hydrogen (secondary N) is 2. The lowest BCUT2D eigenvalue weighted by Crippen LogP contribution is -2.36. The van der Waals surface area contributed by atoms with E-state index in [1.54, 1.807) is 13.1 Å². The van der Waals surface area contributed by atoms with Crippen molar-refractivity contribution in [2.45, 2.75) is 19.4 Å². The molecule has 0 aliphatic heterocycles. The predicted octanol–water partition coefficient (Wildman–Crippen LogP) is 2.33. The second kappa shape index (κ2) is 7.58. The van der Waals surface area contributed by atoms with Gasteiger partial charge < -0.3 is 15.4 Å². The Labute approximate surface area is 120 Å². The van der Waals surface area contributed by atoms with Crippen LogP contribution < -0.4 is 15.4 Å². The topological polar surface area (TPSA) is 45.7 Å². The average molecular weight is 273 g/mol. The van der Waals surface area contributed by atoms with Crippen LogP contribution in [0, 0.1) is 5.92 Å². The minimum absolute atomic E-state index is 0.692. The van der Waals surface area contributed by atoms with E-state index in [-0.39, 0.29) is 0 Å². The first-order valence-corrected chi connectivity index (χ1v) is 7.09. The smallest absolute Gasteiger partial charge is 0.191 e. The lowest BCUT2D eigenvalue weighted by Gasteiger charge is -2.14. The molecule has 1 aromatic carbocycles. The van der Waals surface area contributed by atoms with Gasteiger partial charge in [-0.3, -0.25) is 4.99 Å². The Hall–Kier alpha value is -1.97. The summed E-state index contributed by atoms with van der Waals surface area (Å²) in [6.07, 6.45) is 4.41. The number of benzene rings is 1. The molecule has 0 unspecified atom stereocenters. The summed E-state index contributed by atoms with van der Waals surface area (Å²) < 4.78 is 5.89. The number of aliphatic imine (C=N–C) groups is 1. The number of para-hydroxylation sites is 1. The summed E-state index contributed by atoms with van der Waals surface area (Å²) in [6.45, 7) is 5.90. The van der Waals surface area contributed by atoms with Crippen molar-refractivity contribution in [2.24, 2.45) is 10.9 Å². The Bertz CT molecular complexity index is 467. The van der Waals surface area contributed by atoms with Crippen molar-refractivity contribution in [1.29, 1.82) is 0 Å². The minimum Gasteiger partial charge on any atom is -0.493 e. The summed E-state index contributed by atoms with van der Waals surface area (Å²) in [6, 6.07) is 8.15. The van der Waals surface area contributed by atoms with Gasteiger partial charge in [-0.15, -0.1) is 6.58 Å². The van der Waals surface area contributed by atoms with Gasteiger partial charge >= 0.3 is 0 Å². The third-order valence-electron chi connectivity index (χ3n) is 3.23. The summed E-state index contributed by atoms with van der Waals surface area (Å²) in [4.78, 5) is 4.16. The maximum Gasteiger partial charge on any atom is 0.191 e. The van der Waals surface area contributed by atoms with Gasteiger partial charge in [-0.05, 0) is 24.8 Å². The van der Waals surface area contributed by atoms with Crippen LogP contribution in [0.5, 0.6) is 5.75 Å². The molecule has 0 amide bonds. The van der Waals surface area contributed by atoms with Crippen molar-refractivity contribution in [1.82, 2.24) is 10.6 Å². The summed E-state index contributed by atoms with van der Waals surface area (Å²) in [5.41, 5.74) is 1.15. The van der Waals surface area contributed by atoms with Crippen molar-refractivity contribution in [3.8, 4) is 5.75 Å². The van der Waals surface area contributed by atoms with Crippen LogP contribution in [0.3, 0.4) is 0 Å². The zero-order valence-electron chi connectivity index (χ0n) is 12.1. The molecule has 1 aliphatic carbocycles. The van der Waals surface area contributed by atoms with Crippen LogP contribution >= 0.6 is 0 Å². The van der Waals surface area contributed by atoms with Gasteiger partial charge in [0.05, 0.1) is 6.61 Å². The van der Waals surface area contributed by atoms with E-state index in [2.05, 4.69) is 28.3 Å². The maximum absolute atomic E-state index is 5.89. The molecule has 0 aromatic heterocycles. The van der Waals surface area contributed by atoms with E-state index in [0.717, 1.165) is 29.8 Å². The summed E-state index contributed by atoms with van der Waals surface area (Å²) in [5.74, 6) is 2.49. The third-order valence-corrected chi connectivity index (χ3v) is 3.23. The highest BCUT2D eigenvalue weighted by Gasteiger charge is 2.22. The summed E-state index contributed by atoms with van der Waals surface area (Å²) in [5, 5.41) is 6.42. The van der Waals surface area contributed by atoms with Crippen molar-refractivity contribution < 1.29 is 4.74 Å². The normalized spacial score (nSPS) is 14.8. The van der Waals surface area contributed by atoms with Crippen LogP contribution in [0.15, 0.2) is 41.9 Å². The second-order valence-electron chi connectivity index (χ2n) is 4.96. The quantitative estimate of drug-likeness (QED) is 0.455. The highest BCUT2D eigenvalue weighted by atomic mass is 16.5. The lowest BCUT2D eigenvalue weighted by molar-refractivity contribution is 0.296. The molecule has 0 bridgehead atoms. The molecule has 20 heavy (non-hydrogen) atoms. The molecule has 0 radical (unpaired) electrons. The Morgan fingerprint density at radius 2 is 2.20 bits per heavy atom. The zero-order chi connectivity index (χ0) is 14.2. The van der Waals surface area contributed by atoms with E-state index in [9.17, 15) is 0 Å². The van der Waals surface area contributed by atoms with E-state index < -0.39 is 0 Å². The number of ether oxygens (including phenoxy) is 1. The molecule has 2 N–H and O–H groups in total. The van der Waals surface area contributed by atoms with Crippen LogP contribution in [-0.2, 0) is 6.54 Å². The number of hydrogen-bond donors (Lipinski definition) is 2. The molecule has 4 heteroatoms. The van der Waals surface area contributed by atoms with Gasteiger partial charge in [0, 0.05) is 25.7 Å². The second-order valence-corrected chi connectivity index (χ2v) is 4.96. The molecule has 1 saturated carbocycles. The number of nitrogens with zero attached hydrogens (tertiary/aromatic N) is 1. The summed E-state index contributed by atoms with van der Waals surface area (Å²) in [7, 11) is 1.76. The molecule has 1 aromatic rings. The number of guanidine groups is 1. The first-order valence-electron chi connectivity index (χ1n) is 7.09. The molecular formula is C16H23N3O. The SMILES string of the molecule is C=CCNC(=NC)NCc1ccccc1OCC1CC1. The van der Waals surface area contributed by atoms with Crippen molar-refractivity contribution in [2.75, 3.05) is 20.2 Å². The van der Waals surface area contributed by atoms with Crippen LogP contribution in [0.2, 0.25) is 0 Å².